The molecule has 0 saturated carbocycles. The Hall–Kier alpha value is -4.50. The Kier molecular flexibility index (Phi) is 5.62. The van der Waals surface area contributed by atoms with Crippen LogP contribution in [0.5, 0.6) is 0 Å². The zero-order valence-corrected chi connectivity index (χ0v) is 23.3. The summed E-state index contributed by atoms with van der Waals surface area (Å²) in [5, 5.41) is 11.9. The molecule has 0 unspecified atom stereocenters. The Labute approximate surface area is 241 Å². The van der Waals surface area contributed by atoms with E-state index >= 15 is 0 Å². The SMILES string of the molecule is c1csc(-c2ccc(-c3ccc4cc5cc6cc(-c7ccc(-c8cccs8)cc7)ccc6cc5cc4c3)cc2)c1. The molecule has 0 radical (unpaired) electrons. The minimum absolute atomic E-state index is 1.25. The van der Waals surface area contributed by atoms with Crippen LogP contribution in [-0.4, -0.2) is 0 Å². The van der Waals surface area contributed by atoms with Gasteiger partial charge in [0.15, 0.2) is 0 Å². The molecule has 0 saturated heterocycles. The Bertz CT molecular complexity index is 1960. The van der Waals surface area contributed by atoms with Gasteiger partial charge in [0.05, 0.1) is 0 Å². The lowest BCUT2D eigenvalue weighted by Crippen LogP contribution is -1.83. The van der Waals surface area contributed by atoms with Crippen LogP contribution in [0.25, 0.3) is 75.5 Å². The topological polar surface area (TPSA) is 0 Å². The first-order chi connectivity index (χ1) is 19.8. The summed E-state index contributed by atoms with van der Waals surface area (Å²) < 4.78 is 0. The maximum absolute atomic E-state index is 2.34. The molecule has 0 fully saturated rings. The third-order valence-electron chi connectivity index (χ3n) is 7.80. The van der Waals surface area contributed by atoms with Crippen molar-refractivity contribution in [2.75, 3.05) is 0 Å². The van der Waals surface area contributed by atoms with Crippen LogP contribution in [0.1, 0.15) is 0 Å². The van der Waals surface area contributed by atoms with Gasteiger partial charge < -0.3 is 0 Å². The number of thiophene rings is 2. The fourth-order valence-corrected chi connectivity index (χ4v) is 7.11. The number of rotatable bonds is 4. The van der Waals surface area contributed by atoms with Crippen LogP contribution in [-0.2, 0) is 0 Å². The third-order valence-corrected chi connectivity index (χ3v) is 9.64. The van der Waals surface area contributed by atoms with Gasteiger partial charge in [0.1, 0.15) is 0 Å². The van der Waals surface area contributed by atoms with E-state index < -0.39 is 0 Å². The van der Waals surface area contributed by atoms with E-state index in [0.717, 1.165) is 0 Å². The highest BCUT2D eigenvalue weighted by molar-refractivity contribution is 7.13. The highest BCUT2D eigenvalue weighted by Gasteiger charge is 2.07. The molecule has 2 heteroatoms. The van der Waals surface area contributed by atoms with Crippen molar-refractivity contribution in [1.29, 1.82) is 0 Å². The van der Waals surface area contributed by atoms with Gasteiger partial charge in [-0.3, -0.25) is 0 Å². The summed E-state index contributed by atoms with van der Waals surface area (Å²) in [6, 6.07) is 49.4. The summed E-state index contributed by atoms with van der Waals surface area (Å²) in [6.45, 7) is 0. The Morgan fingerprint density at radius 2 is 0.625 bits per heavy atom. The van der Waals surface area contributed by atoms with E-state index in [4.69, 9.17) is 0 Å². The molecule has 2 heterocycles. The lowest BCUT2D eigenvalue weighted by atomic mass is 9.95. The van der Waals surface area contributed by atoms with Crippen LogP contribution >= 0.6 is 22.7 Å². The predicted octanol–water partition coefficient (Wildman–Crippen LogP) is 11.9. The molecular formula is C38H24S2. The molecule has 0 amide bonds. The van der Waals surface area contributed by atoms with Crippen LogP contribution in [0.3, 0.4) is 0 Å². The highest BCUT2D eigenvalue weighted by atomic mass is 32.1. The normalized spacial score (nSPS) is 11.5. The van der Waals surface area contributed by atoms with E-state index in [1.165, 1.54) is 75.5 Å². The van der Waals surface area contributed by atoms with Crippen molar-refractivity contribution in [2.24, 2.45) is 0 Å². The largest absolute Gasteiger partial charge is 0.144 e. The third kappa shape index (κ3) is 4.23. The number of benzene rings is 6. The fraction of sp³-hybridized carbons (Fsp3) is 0. The second-order valence-electron chi connectivity index (χ2n) is 10.3. The first-order valence-electron chi connectivity index (χ1n) is 13.5. The average Bonchev–Trinajstić information content (AvgIpc) is 3.74. The lowest BCUT2D eigenvalue weighted by molar-refractivity contribution is 1.64. The van der Waals surface area contributed by atoms with Gasteiger partial charge in [0, 0.05) is 9.75 Å². The van der Waals surface area contributed by atoms with Crippen molar-refractivity contribution in [3.63, 3.8) is 0 Å². The fourth-order valence-electron chi connectivity index (χ4n) is 5.65. The molecule has 6 aromatic carbocycles. The summed E-state index contributed by atoms with van der Waals surface area (Å²) in [5.41, 5.74) is 7.54. The van der Waals surface area contributed by atoms with Crippen molar-refractivity contribution in [1.82, 2.24) is 0 Å². The number of fused-ring (bicyclic) bond motifs is 3. The Morgan fingerprint density at radius 3 is 1.02 bits per heavy atom. The van der Waals surface area contributed by atoms with Gasteiger partial charge in [-0.25, -0.2) is 0 Å². The second-order valence-corrected chi connectivity index (χ2v) is 12.2. The molecule has 0 aliphatic carbocycles. The van der Waals surface area contributed by atoms with E-state index in [0.29, 0.717) is 0 Å². The van der Waals surface area contributed by atoms with Gasteiger partial charge in [-0.2, -0.15) is 0 Å². The van der Waals surface area contributed by atoms with Crippen molar-refractivity contribution in [3.05, 3.63) is 144 Å². The minimum Gasteiger partial charge on any atom is -0.144 e. The molecule has 188 valence electrons. The minimum atomic E-state index is 1.25. The molecular weight excluding hydrogens is 521 g/mol. The van der Waals surface area contributed by atoms with Gasteiger partial charge in [-0.05, 0) is 125 Å². The predicted molar refractivity (Wildman–Crippen MR) is 176 cm³/mol. The van der Waals surface area contributed by atoms with Gasteiger partial charge in [0.2, 0.25) is 0 Å². The molecule has 0 N–H and O–H groups in total. The maximum Gasteiger partial charge on any atom is 0.0342 e. The Morgan fingerprint density at radius 1 is 0.275 bits per heavy atom. The zero-order valence-electron chi connectivity index (χ0n) is 21.7. The van der Waals surface area contributed by atoms with Crippen molar-refractivity contribution >= 4 is 55.0 Å². The monoisotopic (exact) mass is 544 g/mol. The molecule has 0 nitrogen and oxygen atoms in total. The average molecular weight is 545 g/mol. The van der Waals surface area contributed by atoms with Crippen LogP contribution in [0, 0.1) is 0 Å². The quantitative estimate of drug-likeness (QED) is 0.193. The molecule has 0 spiro atoms. The zero-order chi connectivity index (χ0) is 26.5. The van der Waals surface area contributed by atoms with E-state index in [-0.39, 0.29) is 0 Å². The molecule has 0 bridgehead atoms. The van der Waals surface area contributed by atoms with E-state index in [9.17, 15) is 0 Å². The van der Waals surface area contributed by atoms with Gasteiger partial charge in [0.25, 0.3) is 0 Å². The molecule has 0 aliphatic rings. The second kappa shape index (κ2) is 9.60. The Balaban J connectivity index is 1.14. The molecule has 40 heavy (non-hydrogen) atoms. The summed E-state index contributed by atoms with van der Waals surface area (Å²) in [4.78, 5) is 2.62. The van der Waals surface area contributed by atoms with E-state index in [1.807, 2.05) is 0 Å². The molecule has 8 aromatic rings. The summed E-state index contributed by atoms with van der Waals surface area (Å²) in [6.07, 6.45) is 0. The lowest BCUT2D eigenvalue weighted by Gasteiger charge is -2.10. The molecule has 0 aliphatic heterocycles. The summed E-state index contributed by atoms with van der Waals surface area (Å²) >= 11 is 3.56. The van der Waals surface area contributed by atoms with E-state index in [1.54, 1.807) is 22.7 Å². The van der Waals surface area contributed by atoms with Gasteiger partial charge in [-0.15, -0.1) is 22.7 Å². The molecule has 8 rings (SSSR count). The van der Waals surface area contributed by atoms with Gasteiger partial charge >= 0.3 is 0 Å². The smallest absolute Gasteiger partial charge is 0.0342 e. The van der Waals surface area contributed by atoms with Gasteiger partial charge in [-0.1, -0.05) is 84.9 Å². The van der Waals surface area contributed by atoms with Crippen molar-refractivity contribution in [2.45, 2.75) is 0 Å². The van der Waals surface area contributed by atoms with Crippen LogP contribution < -0.4 is 0 Å². The summed E-state index contributed by atoms with van der Waals surface area (Å²) in [5.74, 6) is 0. The first-order valence-corrected chi connectivity index (χ1v) is 15.2. The van der Waals surface area contributed by atoms with Crippen LogP contribution in [0.4, 0.5) is 0 Å². The summed E-state index contributed by atoms with van der Waals surface area (Å²) in [7, 11) is 0. The molecule has 2 aromatic heterocycles. The van der Waals surface area contributed by atoms with Crippen molar-refractivity contribution < 1.29 is 0 Å². The van der Waals surface area contributed by atoms with Crippen LogP contribution in [0.2, 0.25) is 0 Å². The first kappa shape index (κ1) is 23.4. The van der Waals surface area contributed by atoms with Crippen molar-refractivity contribution in [3.8, 4) is 43.1 Å². The maximum atomic E-state index is 2.34. The van der Waals surface area contributed by atoms with Crippen LogP contribution in [0.15, 0.2) is 144 Å². The van der Waals surface area contributed by atoms with E-state index in [2.05, 4.69) is 144 Å². The number of hydrogen-bond acceptors (Lipinski definition) is 2. The highest BCUT2D eigenvalue weighted by Crippen LogP contribution is 2.34. The number of hydrogen-bond donors (Lipinski definition) is 0. The standard InChI is InChI=1S/C38H24S2/c1-3-37(39-17-1)27-9-5-25(6-10-27)29-13-15-31-21-36-24-34-20-30(14-16-32(34)22-35(36)23-33(31)19-29)26-7-11-28(12-8-26)38-4-2-18-40-38/h1-24H. The molecule has 0 atom stereocenters.